The van der Waals surface area contributed by atoms with Crippen LogP contribution in [-0.4, -0.2) is 76.9 Å². The fourth-order valence-corrected chi connectivity index (χ4v) is 2.78. The fourth-order valence-electron chi connectivity index (χ4n) is 2.78. The Kier molecular flexibility index (Phi) is 10.4. The lowest BCUT2D eigenvalue weighted by Crippen LogP contribution is -2.40. The summed E-state index contributed by atoms with van der Waals surface area (Å²) in [5, 5.41) is 6.60. The van der Waals surface area contributed by atoms with E-state index in [4.69, 9.17) is 9.47 Å². The van der Waals surface area contributed by atoms with Gasteiger partial charge in [0.2, 0.25) is 5.91 Å². The van der Waals surface area contributed by atoms with E-state index in [1.807, 2.05) is 18.2 Å². The van der Waals surface area contributed by atoms with Crippen LogP contribution in [-0.2, 0) is 20.7 Å². The van der Waals surface area contributed by atoms with E-state index in [-0.39, 0.29) is 12.5 Å². The zero-order valence-electron chi connectivity index (χ0n) is 17.2. The Morgan fingerprint density at radius 2 is 2.04 bits per heavy atom. The third-order valence-corrected chi connectivity index (χ3v) is 4.56. The summed E-state index contributed by atoms with van der Waals surface area (Å²) in [5.74, 6) is 1.18. The molecule has 0 aliphatic carbocycles. The summed E-state index contributed by atoms with van der Waals surface area (Å²) < 4.78 is 11.1. The van der Waals surface area contributed by atoms with E-state index in [9.17, 15) is 4.79 Å². The smallest absolute Gasteiger partial charge is 0.243 e. The Bertz CT molecular complexity index is 587. The first kappa shape index (κ1) is 22.2. The molecular weight excluding hydrogens is 356 g/mol. The average molecular weight is 391 g/mol. The normalized spacial score (nSPS) is 16.8. The lowest BCUT2D eigenvalue weighted by Gasteiger charge is -2.14. The van der Waals surface area contributed by atoms with Crippen LogP contribution in [0.15, 0.2) is 35.3 Å². The maximum absolute atomic E-state index is 11.8. The molecule has 1 saturated heterocycles. The SMILES string of the molecule is CN(C)C(=O)CN=C(NCCCOCC1CCOC1)NCCc1ccccc1. The topological polar surface area (TPSA) is 75.2 Å². The van der Waals surface area contributed by atoms with Crippen LogP contribution in [0.25, 0.3) is 0 Å². The Labute approximate surface area is 168 Å². The summed E-state index contributed by atoms with van der Waals surface area (Å²) in [6.45, 7) is 4.78. The molecule has 0 aromatic heterocycles. The second kappa shape index (κ2) is 13.1. The van der Waals surface area contributed by atoms with Gasteiger partial charge in [-0.25, -0.2) is 4.99 Å². The number of hydrogen-bond acceptors (Lipinski definition) is 4. The third-order valence-electron chi connectivity index (χ3n) is 4.56. The van der Waals surface area contributed by atoms with Crippen molar-refractivity contribution in [2.75, 3.05) is 60.2 Å². The predicted octanol–water partition coefficient (Wildman–Crippen LogP) is 1.30. The molecule has 7 heteroatoms. The van der Waals surface area contributed by atoms with Gasteiger partial charge in [-0.05, 0) is 24.8 Å². The Morgan fingerprint density at radius 1 is 1.25 bits per heavy atom. The molecule has 1 atom stereocenters. The minimum atomic E-state index is -0.0220. The van der Waals surface area contributed by atoms with E-state index in [2.05, 4.69) is 27.8 Å². The van der Waals surface area contributed by atoms with Crippen LogP contribution < -0.4 is 10.6 Å². The van der Waals surface area contributed by atoms with Gasteiger partial charge in [0.05, 0.1) is 13.2 Å². The molecule has 0 saturated carbocycles. The monoisotopic (exact) mass is 390 g/mol. The summed E-state index contributed by atoms with van der Waals surface area (Å²) in [4.78, 5) is 17.8. The van der Waals surface area contributed by atoms with Gasteiger partial charge in [-0.3, -0.25) is 4.79 Å². The molecule has 1 aliphatic rings. The number of nitrogens with zero attached hydrogens (tertiary/aromatic N) is 2. The quantitative estimate of drug-likeness (QED) is 0.338. The van der Waals surface area contributed by atoms with Crippen molar-refractivity contribution in [3.8, 4) is 0 Å². The summed E-state index contributed by atoms with van der Waals surface area (Å²) in [6, 6.07) is 10.3. The lowest BCUT2D eigenvalue weighted by molar-refractivity contribution is -0.127. The van der Waals surface area contributed by atoms with E-state index in [0.29, 0.717) is 18.5 Å². The van der Waals surface area contributed by atoms with Crippen LogP contribution in [0.5, 0.6) is 0 Å². The molecule has 28 heavy (non-hydrogen) atoms. The molecule has 1 fully saturated rings. The Hall–Kier alpha value is -2.12. The highest BCUT2D eigenvalue weighted by molar-refractivity contribution is 5.84. The van der Waals surface area contributed by atoms with Crippen molar-refractivity contribution in [2.45, 2.75) is 19.3 Å². The summed E-state index contributed by atoms with van der Waals surface area (Å²) in [7, 11) is 3.47. The molecule has 1 aromatic carbocycles. The Balaban J connectivity index is 1.68. The number of ether oxygens (including phenoxy) is 2. The number of amides is 1. The molecule has 0 radical (unpaired) electrons. The molecule has 1 aliphatic heterocycles. The highest BCUT2D eigenvalue weighted by Crippen LogP contribution is 2.12. The third kappa shape index (κ3) is 9.19. The van der Waals surface area contributed by atoms with E-state index < -0.39 is 0 Å². The summed E-state index contributed by atoms with van der Waals surface area (Å²) in [6.07, 6.45) is 2.88. The van der Waals surface area contributed by atoms with Crippen molar-refractivity contribution in [3.05, 3.63) is 35.9 Å². The van der Waals surface area contributed by atoms with Crippen LogP contribution in [0, 0.1) is 5.92 Å². The molecule has 156 valence electrons. The largest absolute Gasteiger partial charge is 0.381 e. The van der Waals surface area contributed by atoms with Gasteiger partial charge in [-0.1, -0.05) is 30.3 Å². The number of aliphatic imine (C=N–C) groups is 1. The van der Waals surface area contributed by atoms with Crippen LogP contribution in [0.4, 0.5) is 0 Å². The molecule has 1 unspecified atom stereocenters. The maximum atomic E-state index is 11.8. The fraction of sp³-hybridized carbons (Fsp3) is 0.619. The second-order valence-electron chi connectivity index (χ2n) is 7.20. The van der Waals surface area contributed by atoms with Gasteiger partial charge in [0.15, 0.2) is 5.96 Å². The van der Waals surface area contributed by atoms with Crippen molar-refractivity contribution in [3.63, 3.8) is 0 Å². The molecular formula is C21H34N4O3. The van der Waals surface area contributed by atoms with Gasteiger partial charge in [0.25, 0.3) is 0 Å². The van der Waals surface area contributed by atoms with Crippen molar-refractivity contribution < 1.29 is 14.3 Å². The number of carbonyl (C=O) groups is 1. The van der Waals surface area contributed by atoms with Gasteiger partial charge in [0.1, 0.15) is 6.54 Å². The zero-order valence-corrected chi connectivity index (χ0v) is 17.2. The minimum Gasteiger partial charge on any atom is -0.381 e. The summed E-state index contributed by atoms with van der Waals surface area (Å²) >= 11 is 0. The standard InChI is InChI=1S/C21H34N4O3/c1-25(2)20(26)15-24-21(23-12-9-18-7-4-3-5-8-18)22-11-6-13-27-16-19-10-14-28-17-19/h3-5,7-8,19H,6,9-17H2,1-2H3,(H2,22,23,24). The first-order valence-electron chi connectivity index (χ1n) is 10.1. The number of carbonyl (C=O) groups excluding carboxylic acids is 1. The lowest BCUT2D eigenvalue weighted by atomic mass is 10.1. The maximum Gasteiger partial charge on any atom is 0.243 e. The molecule has 2 N–H and O–H groups in total. The van der Waals surface area contributed by atoms with E-state index >= 15 is 0 Å². The number of guanidine groups is 1. The van der Waals surface area contributed by atoms with E-state index in [1.165, 1.54) is 5.56 Å². The van der Waals surface area contributed by atoms with E-state index in [1.54, 1.807) is 19.0 Å². The predicted molar refractivity (Wildman–Crippen MR) is 112 cm³/mol. The second-order valence-corrected chi connectivity index (χ2v) is 7.20. The molecule has 1 aromatic rings. The molecule has 2 rings (SSSR count). The minimum absolute atomic E-state index is 0.0220. The van der Waals surface area contributed by atoms with Crippen molar-refractivity contribution in [2.24, 2.45) is 10.9 Å². The number of nitrogens with one attached hydrogen (secondary N) is 2. The van der Waals surface area contributed by atoms with Gasteiger partial charge in [-0.15, -0.1) is 0 Å². The molecule has 0 spiro atoms. The van der Waals surface area contributed by atoms with Crippen molar-refractivity contribution in [1.82, 2.24) is 15.5 Å². The van der Waals surface area contributed by atoms with Gasteiger partial charge in [0, 0.05) is 46.3 Å². The van der Waals surface area contributed by atoms with Crippen molar-refractivity contribution >= 4 is 11.9 Å². The highest BCUT2D eigenvalue weighted by Gasteiger charge is 2.15. The number of hydrogen-bond donors (Lipinski definition) is 2. The van der Waals surface area contributed by atoms with Crippen LogP contribution in [0.2, 0.25) is 0 Å². The van der Waals surface area contributed by atoms with E-state index in [0.717, 1.165) is 52.2 Å². The van der Waals surface area contributed by atoms with Crippen LogP contribution >= 0.6 is 0 Å². The van der Waals surface area contributed by atoms with Gasteiger partial charge in [-0.2, -0.15) is 0 Å². The molecule has 0 bridgehead atoms. The highest BCUT2D eigenvalue weighted by atomic mass is 16.5. The molecule has 1 amide bonds. The molecule has 7 nitrogen and oxygen atoms in total. The number of benzene rings is 1. The number of rotatable bonds is 11. The van der Waals surface area contributed by atoms with Crippen LogP contribution in [0.3, 0.4) is 0 Å². The van der Waals surface area contributed by atoms with Gasteiger partial charge < -0.3 is 25.0 Å². The van der Waals surface area contributed by atoms with Crippen LogP contribution in [0.1, 0.15) is 18.4 Å². The first-order chi connectivity index (χ1) is 13.6. The number of likely N-dealkylation sites (N-methyl/N-ethyl adjacent to an activating group) is 1. The summed E-state index contributed by atoms with van der Waals surface area (Å²) in [5.41, 5.74) is 1.27. The zero-order chi connectivity index (χ0) is 20.0. The average Bonchev–Trinajstić information content (AvgIpc) is 3.22. The van der Waals surface area contributed by atoms with Crippen molar-refractivity contribution in [1.29, 1.82) is 0 Å². The first-order valence-corrected chi connectivity index (χ1v) is 10.1. The molecule has 1 heterocycles. The van der Waals surface area contributed by atoms with Gasteiger partial charge >= 0.3 is 0 Å². The Morgan fingerprint density at radius 3 is 2.75 bits per heavy atom.